The van der Waals surface area contributed by atoms with Gasteiger partial charge in [0.15, 0.2) is 5.82 Å². The first-order valence-electron chi connectivity index (χ1n) is 7.40. The summed E-state index contributed by atoms with van der Waals surface area (Å²) in [5.74, 6) is 1.94. The molecule has 0 aromatic carbocycles. The summed E-state index contributed by atoms with van der Waals surface area (Å²) in [7, 11) is 0. The molecule has 0 unspecified atom stereocenters. The molecule has 1 aromatic rings. The zero-order valence-corrected chi connectivity index (χ0v) is 12.3. The minimum absolute atomic E-state index is 0.196. The quantitative estimate of drug-likeness (QED) is 0.878. The Morgan fingerprint density at radius 1 is 1.55 bits per heavy atom. The van der Waals surface area contributed by atoms with Gasteiger partial charge < -0.3 is 15.2 Å². The van der Waals surface area contributed by atoms with Gasteiger partial charge in [0.1, 0.15) is 0 Å². The molecule has 2 heterocycles. The second-order valence-electron chi connectivity index (χ2n) is 5.60. The number of piperidine rings is 1. The van der Waals surface area contributed by atoms with E-state index in [1.807, 2.05) is 4.90 Å². The number of aryl methyl sites for hydroxylation is 2. The summed E-state index contributed by atoms with van der Waals surface area (Å²) in [6.45, 7) is 5.36. The molecule has 1 aromatic heterocycles. The van der Waals surface area contributed by atoms with Crippen molar-refractivity contribution in [1.29, 1.82) is 0 Å². The number of hydrogen-bond donors (Lipinski definition) is 1. The Morgan fingerprint density at radius 2 is 2.35 bits per heavy atom. The molecule has 6 heteroatoms. The smallest absolute Gasteiger partial charge is 0.226 e. The fourth-order valence-corrected chi connectivity index (χ4v) is 2.89. The molecule has 6 nitrogen and oxygen atoms in total. The Hall–Kier alpha value is -1.43. The van der Waals surface area contributed by atoms with E-state index in [1.165, 1.54) is 0 Å². The van der Waals surface area contributed by atoms with Gasteiger partial charge >= 0.3 is 0 Å². The van der Waals surface area contributed by atoms with Crippen molar-refractivity contribution < 1.29 is 9.32 Å². The van der Waals surface area contributed by atoms with Crippen molar-refractivity contribution in [3.05, 3.63) is 11.7 Å². The zero-order chi connectivity index (χ0) is 14.5. The van der Waals surface area contributed by atoms with E-state index in [9.17, 15) is 4.79 Å². The second kappa shape index (κ2) is 6.83. The van der Waals surface area contributed by atoms with E-state index >= 15 is 0 Å². The predicted molar refractivity (Wildman–Crippen MR) is 74.9 cm³/mol. The lowest BCUT2D eigenvalue weighted by Crippen LogP contribution is -2.51. The van der Waals surface area contributed by atoms with Crippen molar-refractivity contribution in [3.8, 4) is 0 Å². The molecule has 0 radical (unpaired) electrons. The summed E-state index contributed by atoms with van der Waals surface area (Å²) in [6.07, 6.45) is 4.15. The largest absolute Gasteiger partial charge is 0.339 e. The van der Waals surface area contributed by atoms with Crippen LogP contribution in [0.2, 0.25) is 0 Å². The number of carbonyl (C=O) groups excluding carboxylic acids is 1. The number of rotatable bonds is 5. The fraction of sp³-hybridized carbons (Fsp3) is 0.786. The average molecular weight is 280 g/mol. The highest BCUT2D eigenvalue weighted by Crippen LogP contribution is 2.23. The maximum Gasteiger partial charge on any atom is 0.226 e. The summed E-state index contributed by atoms with van der Waals surface area (Å²) in [5, 5.41) is 3.74. The van der Waals surface area contributed by atoms with Crippen LogP contribution in [0.4, 0.5) is 0 Å². The molecule has 0 saturated carbocycles. The van der Waals surface area contributed by atoms with Gasteiger partial charge in [-0.15, -0.1) is 0 Å². The molecule has 1 aliphatic heterocycles. The summed E-state index contributed by atoms with van der Waals surface area (Å²) < 4.78 is 5.04. The summed E-state index contributed by atoms with van der Waals surface area (Å²) in [6, 6.07) is 0.196. The van der Waals surface area contributed by atoms with E-state index in [0.717, 1.165) is 25.8 Å². The molecule has 1 aliphatic rings. The third-order valence-electron chi connectivity index (χ3n) is 4.03. The minimum Gasteiger partial charge on any atom is -0.339 e. The monoisotopic (exact) mass is 280 g/mol. The number of nitrogens with two attached hydrogens (primary N) is 1. The van der Waals surface area contributed by atoms with Crippen molar-refractivity contribution in [3.63, 3.8) is 0 Å². The molecule has 2 atom stereocenters. The van der Waals surface area contributed by atoms with E-state index in [4.69, 9.17) is 10.3 Å². The van der Waals surface area contributed by atoms with Crippen LogP contribution in [0.3, 0.4) is 0 Å². The molecule has 0 spiro atoms. The highest BCUT2D eigenvalue weighted by atomic mass is 16.5. The van der Waals surface area contributed by atoms with Crippen LogP contribution in [0.5, 0.6) is 0 Å². The van der Waals surface area contributed by atoms with Crippen LogP contribution >= 0.6 is 0 Å². The van der Waals surface area contributed by atoms with Gasteiger partial charge in [-0.05, 0) is 32.1 Å². The Balaban J connectivity index is 1.81. The zero-order valence-electron chi connectivity index (χ0n) is 12.3. The van der Waals surface area contributed by atoms with Gasteiger partial charge in [-0.1, -0.05) is 12.1 Å². The van der Waals surface area contributed by atoms with E-state index in [2.05, 4.69) is 17.1 Å². The highest BCUT2D eigenvalue weighted by Gasteiger charge is 2.30. The maximum atomic E-state index is 12.3. The molecule has 1 fully saturated rings. The number of carbonyl (C=O) groups is 1. The van der Waals surface area contributed by atoms with Crippen LogP contribution in [0.1, 0.15) is 44.3 Å². The lowest BCUT2D eigenvalue weighted by molar-refractivity contribution is -0.136. The normalized spacial score (nSPS) is 23.1. The van der Waals surface area contributed by atoms with Crippen molar-refractivity contribution in [2.45, 2.75) is 52.0 Å². The molecule has 1 amide bonds. The number of amides is 1. The number of aromatic nitrogens is 2. The van der Waals surface area contributed by atoms with Crippen LogP contribution in [0, 0.1) is 12.8 Å². The van der Waals surface area contributed by atoms with Gasteiger partial charge in [-0.25, -0.2) is 0 Å². The number of nitrogens with zero attached hydrogens (tertiary/aromatic N) is 3. The van der Waals surface area contributed by atoms with Gasteiger partial charge in [0.25, 0.3) is 0 Å². The third-order valence-corrected chi connectivity index (χ3v) is 4.03. The molecule has 0 bridgehead atoms. The standard InChI is InChI=1S/C14H24N4O2/c1-10-5-4-8-18(12(10)9-15)14(19)7-3-6-13-16-11(2)17-20-13/h10,12H,3-9,15H2,1-2H3/t10-,12-/m0/s1. The SMILES string of the molecule is Cc1noc(CCCC(=O)N2CCC[C@H](C)[C@@H]2CN)n1. The average Bonchev–Trinajstić information content (AvgIpc) is 2.84. The maximum absolute atomic E-state index is 12.3. The van der Waals surface area contributed by atoms with Crippen molar-refractivity contribution >= 4 is 5.91 Å². The van der Waals surface area contributed by atoms with Gasteiger partial charge in [0.05, 0.1) is 0 Å². The van der Waals surface area contributed by atoms with Gasteiger partial charge in [0.2, 0.25) is 11.8 Å². The molecule has 2 rings (SSSR count). The molecule has 0 aliphatic carbocycles. The molecule has 2 N–H and O–H groups in total. The topological polar surface area (TPSA) is 85.2 Å². The molecule has 112 valence electrons. The molecule has 20 heavy (non-hydrogen) atoms. The molecular weight excluding hydrogens is 256 g/mol. The first-order chi connectivity index (χ1) is 9.61. The van der Waals surface area contributed by atoms with Crippen LogP contribution in [-0.4, -0.2) is 40.1 Å². The third kappa shape index (κ3) is 3.56. The number of likely N-dealkylation sites (tertiary alicyclic amines) is 1. The summed E-state index contributed by atoms with van der Waals surface area (Å²) in [4.78, 5) is 18.4. The van der Waals surface area contributed by atoms with E-state index < -0.39 is 0 Å². The van der Waals surface area contributed by atoms with E-state index in [0.29, 0.717) is 37.0 Å². The van der Waals surface area contributed by atoms with E-state index in [1.54, 1.807) is 6.92 Å². The summed E-state index contributed by atoms with van der Waals surface area (Å²) in [5.41, 5.74) is 5.82. The first-order valence-corrected chi connectivity index (χ1v) is 7.40. The Bertz CT molecular complexity index is 446. The highest BCUT2D eigenvalue weighted by molar-refractivity contribution is 5.76. The Kier molecular flexibility index (Phi) is 5.11. The van der Waals surface area contributed by atoms with Gasteiger partial charge in [-0.2, -0.15) is 4.98 Å². The Labute approximate surface area is 119 Å². The Morgan fingerprint density at radius 3 is 3.00 bits per heavy atom. The van der Waals surface area contributed by atoms with Gasteiger partial charge in [0, 0.05) is 32.0 Å². The van der Waals surface area contributed by atoms with Crippen molar-refractivity contribution in [1.82, 2.24) is 15.0 Å². The number of hydrogen-bond acceptors (Lipinski definition) is 5. The molecular formula is C14H24N4O2. The van der Waals surface area contributed by atoms with E-state index in [-0.39, 0.29) is 11.9 Å². The lowest BCUT2D eigenvalue weighted by atomic mass is 9.90. The van der Waals surface area contributed by atoms with Crippen LogP contribution < -0.4 is 5.73 Å². The minimum atomic E-state index is 0.196. The van der Waals surface area contributed by atoms with Gasteiger partial charge in [-0.3, -0.25) is 4.79 Å². The van der Waals surface area contributed by atoms with Crippen LogP contribution in [0.15, 0.2) is 4.52 Å². The second-order valence-corrected chi connectivity index (χ2v) is 5.60. The summed E-state index contributed by atoms with van der Waals surface area (Å²) >= 11 is 0. The van der Waals surface area contributed by atoms with Crippen molar-refractivity contribution in [2.24, 2.45) is 11.7 Å². The van der Waals surface area contributed by atoms with Crippen LogP contribution in [0.25, 0.3) is 0 Å². The first kappa shape index (κ1) is 15.0. The molecule has 1 saturated heterocycles. The van der Waals surface area contributed by atoms with Crippen molar-refractivity contribution in [2.75, 3.05) is 13.1 Å². The van der Waals surface area contributed by atoms with Crippen LogP contribution in [-0.2, 0) is 11.2 Å². The fourth-order valence-electron chi connectivity index (χ4n) is 2.89. The predicted octanol–water partition coefficient (Wildman–Crippen LogP) is 1.29. The lowest BCUT2D eigenvalue weighted by Gasteiger charge is -2.39.